The first-order chi connectivity index (χ1) is 10.0. The van der Waals surface area contributed by atoms with Gasteiger partial charge in [0.05, 0.1) is 22.2 Å². The third-order valence-corrected chi connectivity index (χ3v) is 3.57. The van der Waals surface area contributed by atoms with E-state index in [0.29, 0.717) is 0 Å². The number of hydrogen-bond acceptors (Lipinski definition) is 3. The van der Waals surface area contributed by atoms with E-state index in [9.17, 15) is 23.1 Å². The molecule has 6 nitrogen and oxygen atoms in total. The number of carbonyl (C=O) groups excluding carboxylic acids is 1. The van der Waals surface area contributed by atoms with Gasteiger partial charge in [0.25, 0.3) is 5.91 Å². The Morgan fingerprint density at radius 3 is 2.45 bits per heavy atom. The molecule has 1 unspecified atom stereocenters. The molecule has 3 N–H and O–H groups in total. The van der Waals surface area contributed by atoms with Gasteiger partial charge >= 0.3 is 6.18 Å². The molecule has 0 radical (unpaired) electrons. The van der Waals surface area contributed by atoms with Gasteiger partial charge in [-0.2, -0.15) is 13.2 Å². The molecule has 1 aromatic carbocycles. The summed E-state index contributed by atoms with van der Waals surface area (Å²) in [5, 5.41) is 12.0. The lowest BCUT2D eigenvalue weighted by Crippen LogP contribution is -2.49. The third-order valence-electron chi connectivity index (χ3n) is 2.82. The SMILES string of the molecule is [N-]=[N+]=NCC(O)(Cc1ccc(Cl)c(C(N)=O)c1Cl)C(F)(F)F. The molecule has 0 aliphatic heterocycles. The lowest BCUT2D eigenvalue weighted by molar-refractivity contribution is -0.255. The van der Waals surface area contributed by atoms with Crippen LogP contribution in [0.1, 0.15) is 15.9 Å². The van der Waals surface area contributed by atoms with E-state index >= 15 is 0 Å². The summed E-state index contributed by atoms with van der Waals surface area (Å²) >= 11 is 11.5. The Kier molecular flexibility index (Phi) is 5.53. The average Bonchev–Trinajstić information content (AvgIpc) is 2.38. The van der Waals surface area contributed by atoms with Gasteiger partial charge in [-0.3, -0.25) is 4.79 Å². The summed E-state index contributed by atoms with van der Waals surface area (Å²) in [6.07, 6.45) is -6.12. The number of benzene rings is 1. The fourth-order valence-corrected chi connectivity index (χ4v) is 2.29. The highest BCUT2D eigenvalue weighted by molar-refractivity contribution is 6.40. The average molecular weight is 357 g/mol. The van der Waals surface area contributed by atoms with E-state index in [2.05, 4.69) is 10.0 Å². The van der Waals surface area contributed by atoms with Gasteiger partial charge in [0.2, 0.25) is 0 Å². The predicted molar refractivity (Wildman–Crippen MR) is 73.7 cm³/mol. The van der Waals surface area contributed by atoms with Crippen LogP contribution in [-0.4, -0.2) is 29.3 Å². The first-order valence-electron chi connectivity index (χ1n) is 5.60. The summed E-state index contributed by atoms with van der Waals surface area (Å²) in [5.41, 5.74) is 9.29. The fraction of sp³-hybridized carbons (Fsp3) is 0.364. The van der Waals surface area contributed by atoms with Crippen LogP contribution < -0.4 is 5.73 Å². The molecule has 120 valence electrons. The Bertz CT molecular complexity index is 647. The molecule has 1 rings (SSSR count). The highest BCUT2D eigenvalue weighted by Crippen LogP contribution is 2.37. The van der Waals surface area contributed by atoms with Crippen molar-refractivity contribution < 1.29 is 23.1 Å². The van der Waals surface area contributed by atoms with Gasteiger partial charge in [-0.25, -0.2) is 0 Å². The lowest BCUT2D eigenvalue weighted by atomic mass is 9.92. The van der Waals surface area contributed by atoms with Gasteiger partial charge in [0.1, 0.15) is 0 Å². The molecule has 0 aliphatic rings. The van der Waals surface area contributed by atoms with Crippen molar-refractivity contribution >= 4 is 29.1 Å². The molecule has 22 heavy (non-hydrogen) atoms. The molecule has 0 heterocycles. The fourth-order valence-electron chi connectivity index (χ4n) is 1.67. The minimum Gasteiger partial charge on any atom is -0.380 e. The summed E-state index contributed by atoms with van der Waals surface area (Å²) in [6, 6.07) is 2.25. The van der Waals surface area contributed by atoms with E-state index in [4.69, 9.17) is 34.5 Å². The number of amides is 1. The maximum absolute atomic E-state index is 13.0. The van der Waals surface area contributed by atoms with Gasteiger partial charge in [-0.05, 0) is 17.2 Å². The summed E-state index contributed by atoms with van der Waals surface area (Å²) < 4.78 is 39.0. The number of nitrogens with two attached hydrogens (primary N) is 1. The Morgan fingerprint density at radius 1 is 1.41 bits per heavy atom. The normalized spacial score (nSPS) is 14.1. The molecular formula is C11H9Cl2F3N4O2. The van der Waals surface area contributed by atoms with Gasteiger partial charge < -0.3 is 10.8 Å². The number of carbonyl (C=O) groups is 1. The van der Waals surface area contributed by atoms with Crippen molar-refractivity contribution in [2.75, 3.05) is 6.54 Å². The van der Waals surface area contributed by atoms with Crippen LogP contribution in [0.3, 0.4) is 0 Å². The topological polar surface area (TPSA) is 112 Å². The van der Waals surface area contributed by atoms with Crippen molar-refractivity contribution in [3.05, 3.63) is 43.7 Å². The predicted octanol–water partition coefficient (Wildman–Crippen LogP) is 3.24. The van der Waals surface area contributed by atoms with Crippen molar-refractivity contribution in [1.29, 1.82) is 0 Å². The number of aliphatic hydroxyl groups is 1. The van der Waals surface area contributed by atoms with Gasteiger partial charge in [0.15, 0.2) is 5.60 Å². The summed E-state index contributed by atoms with van der Waals surface area (Å²) in [5.74, 6) is -1.03. The van der Waals surface area contributed by atoms with Crippen molar-refractivity contribution in [1.82, 2.24) is 0 Å². The maximum Gasteiger partial charge on any atom is 0.417 e. The third kappa shape index (κ3) is 3.75. The molecule has 0 bridgehead atoms. The molecule has 0 aromatic heterocycles. The summed E-state index contributed by atoms with van der Waals surface area (Å²) in [4.78, 5) is 13.4. The lowest BCUT2D eigenvalue weighted by Gasteiger charge is -2.29. The first kappa shape index (κ1) is 18.4. The minimum atomic E-state index is -5.09. The zero-order chi connectivity index (χ0) is 17.1. The van der Waals surface area contributed by atoms with E-state index in [0.717, 1.165) is 12.1 Å². The standard InChI is InChI=1S/C11H9Cl2F3N4O2/c12-6-2-1-5(8(13)7(6)9(17)21)3-10(22,4-19-20-18)11(14,15)16/h1-2,22H,3-4H2,(H2,17,21). The number of hydrogen-bond donors (Lipinski definition) is 2. The number of nitrogens with zero attached hydrogens (tertiary/aromatic N) is 3. The zero-order valence-corrected chi connectivity index (χ0v) is 12.2. The molecule has 1 aromatic rings. The molecule has 0 saturated carbocycles. The highest BCUT2D eigenvalue weighted by atomic mass is 35.5. The monoisotopic (exact) mass is 356 g/mol. The van der Waals surface area contributed by atoms with E-state index in [1.54, 1.807) is 0 Å². The van der Waals surface area contributed by atoms with Crippen molar-refractivity contribution in [3.63, 3.8) is 0 Å². The smallest absolute Gasteiger partial charge is 0.380 e. The first-order valence-corrected chi connectivity index (χ1v) is 6.35. The van der Waals surface area contributed by atoms with E-state index in [1.807, 2.05) is 0 Å². The Balaban J connectivity index is 3.34. The molecule has 0 aliphatic carbocycles. The van der Waals surface area contributed by atoms with Crippen LogP contribution in [0, 0.1) is 0 Å². The van der Waals surface area contributed by atoms with E-state index in [-0.39, 0.29) is 16.1 Å². The number of alkyl halides is 3. The molecule has 1 atom stereocenters. The zero-order valence-electron chi connectivity index (χ0n) is 10.7. The van der Waals surface area contributed by atoms with Crippen LogP contribution in [0.15, 0.2) is 17.2 Å². The maximum atomic E-state index is 13.0. The second kappa shape index (κ2) is 6.62. The van der Waals surface area contributed by atoms with Gasteiger partial charge in [-0.15, -0.1) is 0 Å². The molecule has 0 saturated heterocycles. The van der Waals surface area contributed by atoms with Crippen molar-refractivity contribution in [2.24, 2.45) is 10.8 Å². The summed E-state index contributed by atoms with van der Waals surface area (Å²) in [6.45, 7) is -1.25. The van der Waals surface area contributed by atoms with Gasteiger partial charge in [-0.1, -0.05) is 34.4 Å². The van der Waals surface area contributed by atoms with Gasteiger partial charge in [0, 0.05) is 11.3 Å². The van der Waals surface area contributed by atoms with Crippen LogP contribution in [0.5, 0.6) is 0 Å². The van der Waals surface area contributed by atoms with E-state index < -0.39 is 35.7 Å². The highest BCUT2D eigenvalue weighted by Gasteiger charge is 2.53. The number of halogens is 5. The number of rotatable bonds is 5. The molecular weight excluding hydrogens is 348 g/mol. The number of azide groups is 1. The van der Waals surface area contributed by atoms with Crippen molar-refractivity contribution in [3.8, 4) is 0 Å². The van der Waals surface area contributed by atoms with Crippen LogP contribution >= 0.6 is 23.2 Å². The van der Waals surface area contributed by atoms with Crippen LogP contribution in [0.2, 0.25) is 10.0 Å². The molecule has 0 fully saturated rings. The Labute approximate surface area is 132 Å². The van der Waals surface area contributed by atoms with Crippen LogP contribution in [0.4, 0.5) is 13.2 Å². The summed E-state index contributed by atoms with van der Waals surface area (Å²) in [7, 11) is 0. The second-order valence-corrected chi connectivity index (χ2v) is 5.14. The van der Waals surface area contributed by atoms with Crippen molar-refractivity contribution in [2.45, 2.75) is 18.2 Å². The number of primary amides is 1. The largest absolute Gasteiger partial charge is 0.417 e. The molecule has 0 spiro atoms. The minimum absolute atomic E-state index is 0.133. The molecule has 11 heteroatoms. The van der Waals surface area contributed by atoms with E-state index in [1.165, 1.54) is 0 Å². The quantitative estimate of drug-likeness (QED) is 0.479. The van der Waals surface area contributed by atoms with Crippen LogP contribution in [0.25, 0.3) is 10.4 Å². The van der Waals surface area contributed by atoms with Crippen LogP contribution in [-0.2, 0) is 6.42 Å². The molecule has 1 amide bonds. The Hall–Kier alpha value is -1.67. The Morgan fingerprint density at radius 2 is 2.00 bits per heavy atom. The second-order valence-electron chi connectivity index (χ2n) is 4.35.